The zero-order valence-electron chi connectivity index (χ0n) is 11.6. The lowest BCUT2D eigenvalue weighted by Crippen LogP contribution is -2.36. The van der Waals surface area contributed by atoms with Crippen LogP contribution < -0.4 is 0 Å². The number of hydrogen-bond acceptors (Lipinski definition) is 2. The van der Waals surface area contributed by atoms with Crippen LogP contribution in [0.25, 0.3) is 0 Å². The molecule has 0 unspecified atom stereocenters. The Kier molecular flexibility index (Phi) is 4.30. The lowest BCUT2D eigenvalue weighted by molar-refractivity contribution is -0.137. The molecule has 0 atom stereocenters. The van der Waals surface area contributed by atoms with Crippen LogP contribution in [-0.4, -0.2) is 25.3 Å². The summed E-state index contributed by atoms with van der Waals surface area (Å²) in [6.07, 6.45) is -2.25. The molecule has 1 aromatic carbocycles. The van der Waals surface area contributed by atoms with Crippen LogP contribution >= 0.6 is 34.5 Å². The molecule has 0 aliphatic carbocycles. The number of hydrogen-bond donors (Lipinski definition) is 0. The molecular weight excluding hydrogens is 446 g/mol. The Labute approximate surface area is 148 Å². The lowest BCUT2D eigenvalue weighted by Gasteiger charge is -2.27. The third-order valence-electron chi connectivity index (χ3n) is 3.72. The molecule has 0 N–H and O–H groups in total. The molecule has 0 saturated heterocycles. The Bertz CT molecular complexity index is 775. The SMILES string of the molecule is O=C(c1cccc(C(F)(F)F)c1Cl)N1CCc2cnn(I)c2C1. The first-order valence-corrected chi connectivity index (χ1v) is 8.00. The van der Waals surface area contributed by atoms with Gasteiger partial charge >= 0.3 is 6.18 Å². The molecule has 2 heterocycles. The summed E-state index contributed by atoms with van der Waals surface area (Å²) in [7, 11) is 0. The molecule has 0 radical (unpaired) electrons. The van der Waals surface area contributed by atoms with E-state index in [1.54, 1.807) is 9.09 Å². The molecule has 1 aromatic heterocycles. The number of carbonyl (C=O) groups excluding carboxylic acids is 1. The van der Waals surface area contributed by atoms with E-state index in [1.807, 2.05) is 22.9 Å². The van der Waals surface area contributed by atoms with E-state index < -0.39 is 22.7 Å². The van der Waals surface area contributed by atoms with E-state index >= 15 is 0 Å². The Morgan fingerprint density at radius 1 is 1.35 bits per heavy atom. The van der Waals surface area contributed by atoms with Crippen LogP contribution in [-0.2, 0) is 19.1 Å². The van der Waals surface area contributed by atoms with Gasteiger partial charge in [0.1, 0.15) is 0 Å². The van der Waals surface area contributed by atoms with Gasteiger partial charge in [0.05, 0.1) is 57.4 Å². The smallest absolute Gasteiger partial charge is 0.332 e. The monoisotopic (exact) mass is 455 g/mol. The molecule has 0 fully saturated rings. The van der Waals surface area contributed by atoms with Gasteiger partial charge in [0.25, 0.3) is 5.91 Å². The second-order valence-corrected chi connectivity index (χ2v) is 6.41. The molecule has 0 saturated carbocycles. The van der Waals surface area contributed by atoms with E-state index in [1.165, 1.54) is 17.0 Å². The predicted octanol–water partition coefficient (Wildman–Crippen LogP) is 3.95. The maximum atomic E-state index is 12.9. The standard InChI is InChI=1S/C14H10ClF3IN3O/c15-12-9(2-1-3-10(12)14(16,17)18)13(23)21-5-4-8-6-20-22(19)11(8)7-21/h1-3,6H,4-5,7H2. The Balaban J connectivity index is 1.92. The van der Waals surface area contributed by atoms with E-state index in [0.717, 1.165) is 17.3 Å². The van der Waals surface area contributed by atoms with Crippen molar-refractivity contribution in [3.05, 3.63) is 51.8 Å². The Hall–Kier alpha value is -1.29. The summed E-state index contributed by atoms with van der Waals surface area (Å²) in [5.74, 6) is -0.510. The normalized spacial score (nSPS) is 14.7. The highest BCUT2D eigenvalue weighted by Crippen LogP contribution is 2.36. The van der Waals surface area contributed by atoms with Crippen molar-refractivity contribution in [3.8, 4) is 0 Å². The van der Waals surface area contributed by atoms with Gasteiger partial charge in [-0.1, -0.05) is 17.7 Å². The number of aromatic nitrogens is 2. The Morgan fingerprint density at radius 2 is 2.09 bits per heavy atom. The van der Waals surface area contributed by atoms with Crippen LogP contribution in [0.5, 0.6) is 0 Å². The minimum absolute atomic E-state index is 0.135. The molecule has 122 valence electrons. The number of rotatable bonds is 1. The van der Waals surface area contributed by atoms with Crippen molar-refractivity contribution in [2.24, 2.45) is 0 Å². The minimum atomic E-state index is -4.59. The number of fused-ring (bicyclic) bond motifs is 1. The molecule has 3 rings (SSSR count). The summed E-state index contributed by atoms with van der Waals surface area (Å²) in [6, 6.07) is 3.38. The van der Waals surface area contributed by atoms with Crippen LogP contribution in [0.4, 0.5) is 13.2 Å². The van der Waals surface area contributed by atoms with Crippen molar-refractivity contribution in [2.45, 2.75) is 19.1 Å². The van der Waals surface area contributed by atoms with Gasteiger partial charge < -0.3 is 4.90 Å². The maximum Gasteiger partial charge on any atom is 0.417 e. The van der Waals surface area contributed by atoms with Crippen molar-refractivity contribution in [1.82, 2.24) is 12.9 Å². The highest BCUT2D eigenvalue weighted by molar-refractivity contribution is 14.1. The summed E-state index contributed by atoms with van der Waals surface area (Å²) in [5, 5.41) is 3.56. The number of benzene rings is 1. The average molecular weight is 456 g/mol. The molecule has 23 heavy (non-hydrogen) atoms. The third-order valence-corrected chi connectivity index (χ3v) is 4.96. The van der Waals surface area contributed by atoms with Gasteiger partial charge in [-0.3, -0.25) is 4.79 Å². The summed E-state index contributed by atoms with van der Waals surface area (Å²) in [5.41, 5.74) is 0.776. The van der Waals surface area contributed by atoms with Crippen LogP contribution in [0.3, 0.4) is 0 Å². The van der Waals surface area contributed by atoms with Gasteiger partial charge in [0.15, 0.2) is 0 Å². The molecule has 1 amide bonds. The molecule has 4 nitrogen and oxygen atoms in total. The van der Waals surface area contributed by atoms with Crippen molar-refractivity contribution in [1.29, 1.82) is 0 Å². The average Bonchev–Trinajstić information content (AvgIpc) is 2.86. The second-order valence-electron chi connectivity index (χ2n) is 5.12. The molecule has 9 heteroatoms. The Morgan fingerprint density at radius 3 is 2.78 bits per heavy atom. The fourth-order valence-electron chi connectivity index (χ4n) is 2.53. The quantitative estimate of drug-likeness (QED) is 0.611. The topological polar surface area (TPSA) is 38.1 Å². The highest BCUT2D eigenvalue weighted by atomic mass is 127. The molecule has 1 aliphatic rings. The zero-order chi connectivity index (χ0) is 16.8. The lowest BCUT2D eigenvalue weighted by atomic mass is 10.1. The van der Waals surface area contributed by atoms with Gasteiger partial charge in [-0.2, -0.15) is 18.3 Å². The molecule has 0 bridgehead atoms. The second kappa shape index (κ2) is 5.97. The number of halogens is 5. The largest absolute Gasteiger partial charge is 0.417 e. The van der Waals surface area contributed by atoms with Gasteiger partial charge in [-0.15, -0.1) is 0 Å². The van der Waals surface area contributed by atoms with Gasteiger partial charge in [-0.05, 0) is 24.1 Å². The third kappa shape index (κ3) is 3.06. The first kappa shape index (κ1) is 16.6. The van der Waals surface area contributed by atoms with E-state index in [2.05, 4.69) is 5.10 Å². The minimum Gasteiger partial charge on any atom is -0.332 e. The van der Waals surface area contributed by atoms with Gasteiger partial charge in [0.2, 0.25) is 0 Å². The van der Waals surface area contributed by atoms with Crippen LogP contribution in [0, 0.1) is 0 Å². The zero-order valence-corrected chi connectivity index (χ0v) is 14.5. The van der Waals surface area contributed by atoms with Crippen molar-refractivity contribution < 1.29 is 18.0 Å². The fraction of sp³-hybridized carbons (Fsp3) is 0.286. The molecular formula is C14H10ClF3IN3O. The van der Waals surface area contributed by atoms with Crippen molar-refractivity contribution in [2.75, 3.05) is 6.54 Å². The van der Waals surface area contributed by atoms with E-state index in [4.69, 9.17) is 11.6 Å². The number of alkyl halides is 3. The van der Waals surface area contributed by atoms with Gasteiger partial charge in [-0.25, -0.2) is 2.90 Å². The van der Waals surface area contributed by atoms with Gasteiger partial charge in [0, 0.05) is 6.54 Å². The maximum absolute atomic E-state index is 12.9. The summed E-state index contributed by atoms with van der Waals surface area (Å²) >= 11 is 7.83. The summed E-state index contributed by atoms with van der Waals surface area (Å²) < 4.78 is 40.4. The van der Waals surface area contributed by atoms with E-state index in [0.29, 0.717) is 19.5 Å². The van der Waals surface area contributed by atoms with E-state index in [-0.39, 0.29) is 5.56 Å². The molecule has 1 aliphatic heterocycles. The van der Waals surface area contributed by atoms with E-state index in [9.17, 15) is 18.0 Å². The number of nitrogens with zero attached hydrogens (tertiary/aromatic N) is 3. The highest BCUT2D eigenvalue weighted by Gasteiger charge is 2.35. The van der Waals surface area contributed by atoms with Crippen LogP contribution in [0.2, 0.25) is 5.02 Å². The first-order chi connectivity index (χ1) is 10.8. The summed E-state index contributed by atoms with van der Waals surface area (Å²) in [6.45, 7) is 0.713. The summed E-state index contributed by atoms with van der Waals surface area (Å²) in [4.78, 5) is 14.1. The first-order valence-electron chi connectivity index (χ1n) is 6.66. The molecule has 2 aromatic rings. The molecule has 0 spiro atoms. The van der Waals surface area contributed by atoms with Crippen molar-refractivity contribution in [3.63, 3.8) is 0 Å². The predicted molar refractivity (Wildman–Crippen MR) is 86.5 cm³/mol. The number of amides is 1. The van der Waals surface area contributed by atoms with Crippen molar-refractivity contribution >= 4 is 40.4 Å². The number of carbonyl (C=O) groups is 1. The van der Waals surface area contributed by atoms with Crippen LogP contribution in [0.1, 0.15) is 27.2 Å². The van der Waals surface area contributed by atoms with Crippen LogP contribution in [0.15, 0.2) is 24.4 Å². The fourth-order valence-corrected chi connectivity index (χ4v) is 3.43.